The molecular weight excluding hydrogens is 344 g/mol. The quantitative estimate of drug-likeness (QED) is 0.447. The Bertz CT molecular complexity index is 1250. The minimum Gasteiger partial charge on any atom is -0.490 e. The molecule has 5 nitrogen and oxygen atoms in total. The zero-order chi connectivity index (χ0) is 18.5. The molecule has 2 aromatic carbocycles. The number of fused-ring (bicyclic) bond motifs is 4. The molecule has 0 spiro atoms. The Morgan fingerprint density at radius 2 is 1.67 bits per heavy atom. The molecule has 0 atom stereocenters. The van der Waals surface area contributed by atoms with Crippen LogP contribution >= 0.6 is 0 Å². The fourth-order valence-electron chi connectivity index (χ4n) is 3.77. The molecule has 27 heavy (non-hydrogen) atoms. The van der Waals surface area contributed by atoms with Gasteiger partial charge < -0.3 is 18.3 Å². The van der Waals surface area contributed by atoms with Crippen LogP contribution in [0, 0.1) is 13.8 Å². The second-order valence-corrected chi connectivity index (χ2v) is 6.88. The predicted octanol–water partition coefficient (Wildman–Crippen LogP) is 4.98. The van der Waals surface area contributed by atoms with Gasteiger partial charge in [0.05, 0.1) is 24.9 Å². The van der Waals surface area contributed by atoms with E-state index in [-0.39, 0.29) is 5.63 Å². The van der Waals surface area contributed by atoms with E-state index in [0.717, 1.165) is 56.5 Å². The van der Waals surface area contributed by atoms with Gasteiger partial charge in [0, 0.05) is 23.4 Å². The van der Waals surface area contributed by atoms with Crippen molar-refractivity contribution < 1.29 is 18.3 Å². The maximum atomic E-state index is 11.7. The van der Waals surface area contributed by atoms with Crippen molar-refractivity contribution in [1.82, 2.24) is 0 Å². The number of aryl methyl sites for hydroxylation is 2. The van der Waals surface area contributed by atoms with Crippen LogP contribution in [-0.4, -0.2) is 13.2 Å². The maximum Gasteiger partial charge on any atom is 0.336 e. The first kappa shape index (κ1) is 16.0. The first-order valence-electron chi connectivity index (χ1n) is 8.97. The van der Waals surface area contributed by atoms with Gasteiger partial charge in [0.2, 0.25) is 0 Å². The van der Waals surface area contributed by atoms with E-state index >= 15 is 0 Å². The van der Waals surface area contributed by atoms with Gasteiger partial charge in [-0.05, 0) is 48.7 Å². The van der Waals surface area contributed by atoms with Gasteiger partial charge in [-0.1, -0.05) is 6.07 Å². The Morgan fingerprint density at radius 3 is 2.52 bits per heavy atom. The van der Waals surface area contributed by atoms with Crippen molar-refractivity contribution in [3.8, 4) is 22.6 Å². The van der Waals surface area contributed by atoms with E-state index in [2.05, 4.69) is 0 Å². The summed E-state index contributed by atoms with van der Waals surface area (Å²) in [6.45, 7) is 5.19. The summed E-state index contributed by atoms with van der Waals surface area (Å²) in [5.74, 6) is 1.52. The van der Waals surface area contributed by atoms with Gasteiger partial charge in [-0.15, -0.1) is 0 Å². The first-order valence-corrected chi connectivity index (χ1v) is 8.97. The Hall–Kier alpha value is -3.21. The van der Waals surface area contributed by atoms with Crippen molar-refractivity contribution >= 4 is 21.9 Å². The molecular formula is C22H18O5. The Labute approximate surface area is 155 Å². The number of hydrogen-bond acceptors (Lipinski definition) is 5. The third-order valence-corrected chi connectivity index (χ3v) is 5.00. The molecule has 0 radical (unpaired) electrons. The highest BCUT2D eigenvalue weighted by molar-refractivity contribution is 6.10. The van der Waals surface area contributed by atoms with E-state index in [0.29, 0.717) is 18.8 Å². The second-order valence-electron chi connectivity index (χ2n) is 6.88. The zero-order valence-corrected chi connectivity index (χ0v) is 15.1. The molecule has 0 bridgehead atoms. The van der Waals surface area contributed by atoms with Gasteiger partial charge in [0.25, 0.3) is 0 Å². The predicted molar refractivity (Wildman–Crippen MR) is 103 cm³/mol. The van der Waals surface area contributed by atoms with E-state index < -0.39 is 0 Å². The molecule has 0 aliphatic carbocycles. The van der Waals surface area contributed by atoms with Gasteiger partial charge in [0.1, 0.15) is 11.2 Å². The fraction of sp³-hybridized carbons (Fsp3) is 0.227. The van der Waals surface area contributed by atoms with Crippen molar-refractivity contribution in [3.05, 3.63) is 58.1 Å². The molecule has 0 saturated heterocycles. The van der Waals surface area contributed by atoms with Crippen molar-refractivity contribution in [2.75, 3.05) is 13.2 Å². The monoisotopic (exact) mass is 362 g/mol. The summed E-state index contributed by atoms with van der Waals surface area (Å²) >= 11 is 0. The van der Waals surface area contributed by atoms with Gasteiger partial charge in [-0.2, -0.15) is 0 Å². The molecule has 1 aliphatic rings. The van der Waals surface area contributed by atoms with Crippen LogP contribution in [0.4, 0.5) is 0 Å². The minimum atomic E-state index is -0.353. The van der Waals surface area contributed by atoms with Crippen molar-refractivity contribution in [2.45, 2.75) is 20.3 Å². The number of furan rings is 1. The molecule has 0 saturated carbocycles. The standard InChI is InChI=1S/C22H18O5/c1-12-8-18-21(13(2)9-19(23)27-18)22-20(12)15(11-26-22)14-4-5-16-17(10-14)25-7-3-6-24-16/h4-5,8-11H,3,6-7H2,1-2H3. The summed E-state index contributed by atoms with van der Waals surface area (Å²) in [4.78, 5) is 11.7. The Kier molecular flexibility index (Phi) is 3.50. The Balaban J connectivity index is 1.77. The van der Waals surface area contributed by atoms with Crippen LogP contribution in [0.1, 0.15) is 17.5 Å². The number of ether oxygens (including phenoxy) is 2. The van der Waals surface area contributed by atoms with Crippen LogP contribution in [-0.2, 0) is 0 Å². The van der Waals surface area contributed by atoms with Crippen LogP contribution in [0.3, 0.4) is 0 Å². The van der Waals surface area contributed by atoms with Crippen LogP contribution in [0.5, 0.6) is 11.5 Å². The average Bonchev–Trinajstić information content (AvgIpc) is 2.93. The van der Waals surface area contributed by atoms with E-state index in [9.17, 15) is 4.79 Å². The van der Waals surface area contributed by atoms with Crippen LogP contribution in [0.15, 0.2) is 50.2 Å². The fourth-order valence-corrected chi connectivity index (χ4v) is 3.77. The van der Waals surface area contributed by atoms with Gasteiger partial charge in [0.15, 0.2) is 11.5 Å². The Morgan fingerprint density at radius 1 is 0.889 bits per heavy atom. The first-order chi connectivity index (χ1) is 13.1. The maximum absolute atomic E-state index is 11.7. The molecule has 0 amide bonds. The summed E-state index contributed by atoms with van der Waals surface area (Å²) < 4.78 is 22.9. The molecule has 136 valence electrons. The average molecular weight is 362 g/mol. The van der Waals surface area contributed by atoms with Crippen molar-refractivity contribution in [2.24, 2.45) is 0 Å². The van der Waals surface area contributed by atoms with Crippen LogP contribution in [0.25, 0.3) is 33.1 Å². The van der Waals surface area contributed by atoms with E-state index in [1.54, 1.807) is 6.26 Å². The minimum absolute atomic E-state index is 0.353. The SMILES string of the molecule is Cc1cc2oc(=O)cc(C)c2c2occ(-c3ccc4c(c3)OCCCO4)c12. The van der Waals surface area contributed by atoms with Crippen LogP contribution in [0.2, 0.25) is 0 Å². The summed E-state index contributed by atoms with van der Waals surface area (Å²) in [6, 6.07) is 9.34. The zero-order valence-electron chi connectivity index (χ0n) is 15.1. The van der Waals surface area contributed by atoms with E-state index in [1.807, 2.05) is 38.1 Å². The van der Waals surface area contributed by atoms with E-state index in [1.165, 1.54) is 6.07 Å². The molecule has 3 heterocycles. The lowest BCUT2D eigenvalue weighted by atomic mass is 9.98. The lowest BCUT2D eigenvalue weighted by Crippen LogP contribution is -1.98. The lowest BCUT2D eigenvalue weighted by Gasteiger charge is -2.09. The number of rotatable bonds is 1. The normalized spacial score (nSPS) is 13.9. The summed E-state index contributed by atoms with van der Waals surface area (Å²) in [5, 5.41) is 1.84. The van der Waals surface area contributed by atoms with Crippen molar-refractivity contribution in [1.29, 1.82) is 0 Å². The smallest absolute Gasteiger partial charge is 0.336 e. The third-order valence-electron chi connectivity index (χ3n) is 5.00. The summed E-state index contributed by atoms with van der Waals surface area (Å²) in [7, 11) is 0. The molecule has 5 rings (SSSR count). The summed E-state index contributed by atoms with van der Waals surface area (Å²) in [5.41, 5.74) is 4.72. The lowest BCUT2D eigenvalue weighted by molar-refractivity contribution is 0.297. The molecule has 0 unspecified atom stereocenters. The molecule has 0 N–H and O–H groups in total. The third kappa shape index (κ3) is 2.50. The summed E-state index contributed by atoms with van der Waals surface area (Å²) in [6.07, 6.45) is 2.62. The number of benzene rings is 2. The molecule has 2 aromatic heterocycles. The van der Waals surface area contributed by atoms with Crippen LogP contribution < -0.4 is 15.1 Å². The topological polar surface area (TPSA) is 61.8 Å². The van der Waals surface area contributed by atoms with Gasteiger partial charge in [-0.3, -0.25) is 0 Å². The molecule has 4 aromatic rings. The molecule has 1 aliphatic heterocycles. The van der Waals surface area contributed by atoms with Gasteiger partial charge >= 0.3 is 5.63 Å². The van der Waals surface area contributed by atoms with Gasteiger partial charge in [-0.25, -0.2) is 4.79 Å². The second kappa shape index (κ2) is 5.91. The van der Waals surface area contributed by atoms with E-state index in [4.69, 9.17) is 18.3 Å². The molecule has 0 fully saturated rings. The highest BCUT2D eigenvalue weighted by Gasteiger charge is 2.19. The number of hydrogen-bond donors (Lipinski definition) is 0. The van der Waals surface area contributed by atoms with Crippen molar-refractivity contribution in [3.63, 3.8) is 0 Å². The highest BCUT2D eigenvalue weighted by Crippen LogP contribution is 2.41. The largest absolute Gasteiger partial charge is 0.490 e. The molecule has 5 heteroatoms. The highest BCUT2D eigenvalue weighted by atomic mass is 16.5.